The van der Waals surface area contributed by atoms with Crippen molar-refractivity contribution in [2.45, 2.75) is 25.2 Å². The van der Waals surface area contributed by atoms with E-state index in [1.54, 1.807) is 24.3 Å². The fourth-order valence-corrected chi connectivity index (χ4v) is 2.87. The molecular weight excluding hydrogens is 323 g/mol. The molecule has 0 aromatic heterocycles. The molecule has 0 saturated carbocycles. The molecule has 1 aliphatic heterocycles. The number of primary amides is 1. The lowest BCUT2D eigenvalue weighted by Gasteiger charge is -2.21. The van der Waals surface area contributed by atoms with Gasteiger partial charge in [0.1, 0.15) is 24.6 Å². The molecule has 0 unspecified atom stereocenters. The number of hydrogen-bond donors (Lipinski definition) is 1. The monoisotopic (exact) mass is 342 g/mol. The topological polar surface area (TPSA) is 72.6 Å². The van der Waals surface area contributed by atoms with Crippen LogP contribution < -0.4 is 10.5 Å². The highest BCUT2D eigenvalue weighted by atomic mass is 19.1. The van der Waals surface area contributed by atoms with Crippen molar-refractivity contribution in [3.63, 3.8) is 0 Å². The highest BCUT2D eigenvalue weighted by Crippen LogP contribution is 2.23. The number of nitrogens with zero attached hydrogens (tertiary/aromatic N) is 1. The minimum atomic E-state index is -1.22. The third kappa shape index (κ3) is 3.96. The van der Waals surface area contributed by atoms with Crippen LogP contribution in [0.5, 0.6) is 5.75 Å². The lowest BCUT2D eigenvalue weighted by molar-refractivity contribution is -0.121. The standard InChI is InChI=1S/C19H19FN2O3/c20-15-10-17(18(21)23)22(11-15)19(24)14-8-6-13(7-9-14)12-25-16-4-2-1-3-5-16/h1-9,15,17H,10-12H2,(H2,21,23)/t15-,17+/m1/s1. The van der Waals surface area contributed by atoms with Crippen molar-refractivity contribution < 1.29 is 18.7 Å². The lowest BCUT2D eigenvalue weighted by Crippen LogP contribution is -2.43. The summed E-state index contributed by atoms with van der Waals surface area (Å²) in [5.41, 5.74) is 6.56. The van der Waals surface area contributed by atoms with Gasteiger partial charge in [0.15, 0.2) is 0 Å². The number of hydrogen-bond acceptors (Lipinski definition) is 3. The lowest BCUT2D eigenvalue weighted by atomic mass is 10.1. The van der Waals surface area contributed by atoms with E-state index < -0.39 is 18.1 Å². The van der Waals surface area contributed by atoms with Gasteiger partial charge in [-0.1, -0.05) is 30.3 Å². The van der Waals surface area contributed by atoms with Crippen molar-refractivity contribution >= 4 is 11.8 Å². The Morgan fingerprint density at radius 2 is 1.80 bits per heavy atom. The van der Waals surface area contributed by atoms with Crippen LogP contribution >= 0.6 is 0 Å². The smallest absolute Gasteiger partial charge is 0.254 e. The first-order chi connectivity index (χ1) is 12.0. The van der Waals surface area contributed by atoms with Crippen molar-refractivity contribution in [1.29, 1.82) is 0 Å². The number of rotatable bonds is 5. The summed E-state index contributed by atoms with van der Waals surface area (Å²) < 4.78 is 19.2. The van der Waals surface area contributed by atoms with Gasteiger partial charge in [0.25, 0.3) is 5.91 Å². The number of carbonyl (C=O) groups excluding carboxylic acids is 2. The summed E-state index contributed by atoms with van der Waals surface area (Å²) in [5, 5.41) is 0. The highest BCUT2D eigenvalue weighted by Gasteiger charge is 2.38. The van der Waals surface area contributed by atoms with Gasteiger partial charge in [-0.2, -0.15) is 0 Å². The van der Waals surface area contributed by atoms with Crippen LogP contribution in [-0.2, 0) is 11.4 Å². The molecule has 130 valence electrons. The Hall–Kier alpha value is -2.89. The maximum atomic E-state index is 13.6. The van der Waals surface area contributed by atoms with Gasteiger partial charge in [0.2, 0.25) is 5.91 Å². The Morgan fingerprint density at radius 3 is 2.44 bits per heavy atom. The molecule has 0 spiro atoms. The van der Waals surface area contributed by atoms with Crippen molar-refractivity contribution in [1.82, 2.24) is 4.90 Å². The molecule has 2 aromatic rings. The third-order valence-electron chi connectivity index (χ3n) is 4.19. The fourth-order valence-electron chi connectivity index (χ4n) is 2.87. The number of benzene rings is 2. The Balaban J connectivity index is 1.65. The van der Waals surface area contributed by atoms with Crippen LogP contribution in [0.3, 0.4) is 0 Å². The molecule has 2 atom stereocenters. The Morgan fingerprint density at radius 1 is 1.12 bits per heavy atom. The van der Waals surface area contributed by atoms with Gasteiger partial charge in [-0.3, -0.25) is 9.59 Å². The number of ether oxygens (including phenoxy) is 1. The fraction of sp³-hybridized carbons (Fsp3) is 0.263. The van der Waals surface area contributed by atoms with Crippen LogP contribution in [0.1, 0.15) is 22.3 Å². The zero-order chi connectivity index (χ0) is 17.8. The predicted octanol–water partition coefficient (Wildman–Crippen LogP) is 2.30. The number of likely N-dealkylation sites (tertiary alicyclic amines) is 1. The Labute approximate surface area is 145 Å². The maximum Gasteiger partial charge on any atom is 0.254 e. The Bertz CT molecular complexity index is 749. The first-order valence-electron chi connectivity index (χ1n) is 8.05. The van der Waals surface area contributed by atoms with Crippen LogP contribution in [0, 0.1) is 0 Å². The van der Waals surface area contributed by atoms with Crippen molar-refractivity contribution in [2.75, 3.05) is 6.54 Å². The molecule has 6 heteroatoms. The molecule has 0 bridgehead atoms. The summed E-state index contributed by atoms with van der Waals surface area (Å²) in [6.07, 6.45) is -1.26. The highest BCUT2D eigenvalue weighted by molar-refractivity contribution is 5.97. The van der Waals surface area contributed by atoms with E-state index in [0.29, 0.717) is 12.2 Å². The van der Waals surface area contributed by atoms with E-state index >= 15 is 0 Å². The van der Waals surface area contributed by atoms with E-state index in [1.807, 2.05) is 30.3 Å². The van der Waals surface area contributed by atoms with E-state index in [4.69, 9.17) is 10.5 Å². The molecule has 1 fully saturated rings. The second kappa shape index (κ2) is 7.34. The number of carbonyl (C=O) groups is 2. The van der Waals surface area contributed by atoms with E-state index in [0.717, 1.165) is 11.3 Å². The normalized spacial score (nSPS) is 19.6. The number of amides is 2. The van der Waals surface area contributed by atoms with Crippen molar-refractivity contribution in [3.05, 3.63) is 65.7 Å². The summed E-state index contributed by atoms with van der Waals surface area (Å²) in [4.78, 5) is 25.1. The van der Waals surface area contributed by atoms with Gasteiger partial charge < -0.3 is 15.4 Å². The molecule has 0 aliphatic carbocycles. The molecule has 2 N–H and O–H groups in total. The van der Waals surface area contributed by atoms with Crippen molar-refractivity contribution in [3.8, 4) is 5.75 Å². The molecule has 1 heterocycles. The Kier molecular flexibility index (Phi) is 4.97. The first kappa shape index (κ1) is 17.0. The minimum absolute atomic E-state index is 0.0376. The third-order valence-corrected chi connectivity index (χ3v) is 4.19. The average molecular weight is 342 g/mol. The molecular formula is C19H19FN2O3. The van der Waals surface area contributed by atoms with E-state index in [1.165, 1.54) is 4.90 Å². The van der Waals surface area contributed by atoms with E-state index in [9.17, 15) is 14.0 Å². The number of alkyl halides is 1. The summed E-state index contributed by atoms with van der Waals surface area (Å²) >= 11 is 0. The van der Waals surface area contributed by atoms with Crippen LogP contribution in [0.25, 0.3) is 0 Å². The number of para-hydroxylation sites is 1. The van der Waals surface area contributed by atoms with Crippen molar-refractivity contribution in [2.24, 2.45) is 5.73 Å². The zero-order valence-electron chi connectivity index (χ0n) is 13.6. The van der Waals surface area contributed by atoms with Crippen LogP contribution in [0.15, 0.2) is 54.6 Å². The maximum absolute atomic E-state index is 13.6. The first-order valence-corrected chi connectivity index (χ1v) is 8.05. The molecule has 2 amide bonds. The van der Waals surface area contributed by atoms with Gasteiger partial charge in [0, 0.05) is 12.0 Å². The SMILES string of the molecule is NC(=O)[C@@H]1C[C@@H](F)CN1C(=O)c1ccc(COc2ccccc2)cc1. The number of halogens is 1. The molecule has 2 aromatic carbocycles. The molecule has 25 heavy (non-hydrogen) atoms. The van der Waals surface area contributed by atoms with Crippen LogP contribution in [0.4, 0.5) is 4.39 Å². The minimum Gasteiger partial charge on any atom is -0.489 e. The van der Waals surface area contributed by atoms with E-state index in [-0.39, 0.29) is 18.9 Å². The summed E-state index contributed by atoms with van der Waals surface area (Å²) in [6, 6.07) is 15.4. The van der Waals surface area contributed by atoms with Gasteiger partial charge in [-0.15, -0.1) is 0 Å². The van der Waals surface area contributed by atoms with Crippen LogP contribution in [0.2, 0.25) is 0 Å². The summed E-state index contributed by atoms with van der Waals surface area (Å²) in [5.74, 6) is -0.307. The average Bonchev–Trinajstić information content (AvgIpc) is 3.03. The van der Waals surface area contributed by atoms with Gasteiger partial charge in [-0.25, -0.2) is 4.39 Å². The molecule has 0 radical (unpaired) electrons. The van der Waals surface area contributed by atoms with Gasteiger partial charge in [0.05, 0.1) is 6.54 Å². The largest absolute Gasteiger partial charge is 0.489 e. The summed E-state index contributed by atoms with van der Waals surface area (Å²) in [7, 11) is 0. The van der Waals surface area contributed by atoms with E-state index in [2.05, 4.69) is 0 Å². The predicted molar refractivity (Wildman–Crippen MR) is 90.7 cm³/mol. The second-order valence-electron chi connectivity index (χ2n) is 6.01. The second-order valence-corrected chi connectivity index (χ2v) is 6.01. The zero-order valence-corrected chi connectivity index (χ0v) is 13.6. The van der Waals surface area contributed by atoms with Gasteiger partial charge in [-0.05, 0) is 29.8 Å². The molecule has 1 aliphatic rings. The van der Waals surface area contributed by atoms with Gasteiger partial charge >= 0.3 is 0 Å². The molecule has 5 nitrogen and oxygen atoms in total. The molecule has 3 rings (SSSR count). The number of nitrogens with two attached hydrogens (primary N) is 1. The summed E-state index contributed by atoms with van der Waals surface area (Å²) in [6.45, 7) is 0.268. The van der Waals surface area contributed by atoms with Crippen LogP contribution in [-0.4, -0.2) is 35.5 Å². The quantitative estimate of drug-likeness (QED) is 0.906. The molecule has 1 saturated heterocycles.